The molecular formula is C17H19F2NO. The first-order valence-electron chi connectivity index (χ1n) is 7.31. The fourth-order valence-electron chi connectivity index (χ4n) is 3.13. The maximum absolute atomic E-state index is 12.0. The lowest BCUT2D eigenvalue weighted by Gasteiger charge is -2.16. The lowest BCUT2D eigenvalue weighted by molar-refractivity contribution is 0.0152. The molecule has 2 N–H and O–H groups in total. The third-order valence-electron chi connectivity index (χ3n) is 4.13. The molecule has 0 aliphatic heterocycles. The Morgan fingerprint density at radius 1 is 1.10 bits per heavy atom. The van der Waals surface area contributed by atoms with Crippen LogP contribution in [0.15, 0.2) is 30.3 Å². The Balaban J connectivity index is 1.78. The summed E-state index contributed by atoms with van der Waals surface area (Å²) < 4.78 is 29.0. The fraction of sp³-hybridized carbons (Fsp3) is 0.412. The predicted molar refractivity (Wildman–Crippen MR) is 79.7 cm³/mol. The molecule has 0 fully saturated rings. The molecule has 4 heteroatoms. The van der Waals surface area contributed by atoms with Crippen LogP contribution in [0.2, 0.25) is 0 Å². The minimum Gasteiger partial charge on any atom is -0.375 e. The van der Waals surface area contributed by atoms with Gasteiger partial charge in [-0.2, -0.15) is 0 Å². The molecule has 0 bridgehead atoms. The van der Waals surface area contributed by atoms with Crippen LogP contribution >= 0.6 is 0 Å². The molecule has 2 nitrogen and oxygen atoms in total. The van der Waals surface area contributed by atoms with Gasteiger partial charge >= 0.3 is 0 Å². The van der Waals surface area contributed by atoms with E-state index in [1.165, 1.54) is 21.9 Å². The van der Waals surface area contributed by atoms with E-state index in [2.05, 4.69) is 30.3 Å². The molecule has 0 radical (unpaired) electrons. The number of rotatable bonds is 6. The van der Waals surface area contributed by atoms with Crippen LogP contribution in [0.4, 0.5) is 8.78 Å². The molecular weight excluding hydrogens is 272 g/mol. The summed E-state index contributed by atoms with van der Waals surface area (Å²) in [6.07, 6.45) is 0.301. The molecule has 21 heavy (non-hydrogen) atoms. The Bertz CT molecular complexity index is 632. The fourth-order valence-corrected chi connectivity index (χ4v) is 3.13. The standard InChI is InChI=1S/C17H19F2NO/c18-16(19)10-21-9-8-15(20)13-7-6-12-5-4-11-2-1-3-14(13)17(11)12/h1-3,6-7,15-16H,4-5,8-10,20H2. The summed E-state index contributed by atoms with van der Waals surface area (Å²) in [4.78, 5) is 0. The molecule has 2 aromatic carbocycles. The number of aryl methyl sites for hydroxylation is 2. The minimum absolute atomic E-state index is 0.187. The van der Waals surface area contributed by atoms with Gasteiger partial charge in [-0.1, -0.05) is 30.3 Å². The number of nitrogens with two attached hydrogens (primary N) is 1. The zero-order valence-corrected chi connectivity index (χ0v) is 11.8. The first-order valence-corrected chi connectivity index (χ1v) is 7.31. The largest absolute Gasteiger partial charge is 0.375 e. The first kappa shape index (κ1) is 14.4. The highest BCUT2D eigenvalue weighted by Gasteiger charge is 2.18. The number of ether oxygens (including phenoxy) is 1. The second kappa shape index (κ2) is 6.08. The Morgan fingerprint density at radius 2 is 1.86 bits per heavy atom. The van der Waals surface area contributed by atoms with Crippen molar-refractivity contribution in [1.82, 2.24) is 0 Å². The summed E-state index contributed by atoms with van der Waals surface area (Å²) in [6.45, 7) is -0.259. The molecule has 1 aliphatic carbocycles. The monoisotopic (exact) mass is 291 g/mol. The highest BCUT2D eigenvalue weighted by molar-refractivity contribution is 5.93. The summed E-state index contributed by atoms with van der Waals surface area (Å²) in [5.74, 6) is 0. The van der Waals surface area contributed by atoms with Crippen LogP contribution in [0.5, 0.6) is 0 Å². The van der Waals surface area contributed by atoms with Crippen LogP contribution in [-0.4, -0.2) is 19.6 Å². The van der Waals surface area contributed by atoms with Crippen molar-refractivity contribution in [1.29, 1.82) is 0 Å². The van der Waals surface area contributed by atoms with E-state index in [0.29, 0.717) is 6.42 Å². The average Bonchev–Trinajstić information content (AvgIpc) is 2.89. The average molecular weight is 291 g/mol. The smallest absolute Gasteiger partial charge is 0.261 e. The molecule has 0 heterocycles. The molecule has 0 saturated carbocycles. The summed E-state index contributed by atoms with van der Waals surface area (Å²) >= 11 is 0. The van der Waals surface area contributed by atoms with Crippen molar-refractivity contribution >= 4 is 10.8 Å². The lowest BCUT2D eigenvalue weighted by atomic mass is 9.95. The molecule has 0 spiro atoms. The van der Waals surface area contributed by atoms with Gasteiger partial charge in [0.2, 0.25) is 0 Å². The van der Waals surface area contributed by atoms with E-state index in [0.717, 1.165) is 18.4 Å². The Morgan fingerprint density at radius 3 is 2.62 bits per heavy atom. The topological polar surface area (TPSA) is 35.2 Å². The van der Waals surface area contributed by atoms with Crippen LogP contribution in [0.1, 0.15) is 29.2 Å². The van der Waals surface area contributed by atoms with Gasteiger partial charge in [0.1, 0.15) is 6.61 Å². The van der Waals surface area contributed by atoms with E-state index in [1.807, 2.05) is 0 Å². The molecule has 0 aromatic heterocycles. The molecule has 1 unspecified atom stereocenters. The van der Waals surface area contributed by atoms with Crippen LogP contribution < -0.4 is 5.73 Å². The number of hydrogen-bond acceptors (Lipinski definition) is 2. The van der Waals surface area contributed by atoms with Crippen molar-refractivity contribution < 1.29 is 13.5 Å². The third kappa shape index (κ3) is 2.92. The molecule has 0 amide bonds. The first-order chi connectivity index (χ1) is 10.2. The number of benzene rings is 2. The van der Waals surface area contributed by atoms with Crippen LogP contribution in [0, 0.1) is 0 Å². The normalized spacial score (nSPS) is 15.0. The summed E-state index contributed by atoms with van der Waals surface area (Å²) in [6, 6.07) is 10.4. The zero-order valence-electron chi connectivity index (χ0n) is 11.8. The lowest BCUT2D eigenvalue weighted by Crippen LogP contribution is -2.15. The molecule has 112 valence electrons. The van der Waals surface area contributed by atoms with E-state index in [1.54, 1.807) is 0 Å². The van der Waals surface area contributed by atoms with Gasteiger partial charge in [-0.25, -0.2) is 8.78 Å². The Labute approximate surface area is 122 Å². The van der Waals surface area contributed by atoms with Crippen molar-refractivity contribution in [3.8, 4) is 0 Å². The number of hydrogen-bond donors (Lipinski definition) is 1. The predicted octanol–water partition coefficient (Wildman–Crippen LogP) is 3.61. The van der Waals surface area contributed by atoms with E-state index in [9.17, 15) is 8.78 Å². The summed E-state index contributed by atoms with van der Waals surface area (Å²) in [7, 11) is 0. The van der Waals surface area contributed by atoms with Gasteiger partial charge < -0.3 is 10.5 Å². The van der Waals surface area contributed by atoms with Gasteiger partial charge in [-0.05, 0) is 46.7 Å². The SMILES string of the molecule is NC(CCOCC(F)F)c1ccc2c3c(cccc13)CC2. The zero-order chi connectivity index (χ0) is 14.8. The second-order valence-corrected chi connectivity index (χ2v) is 5.51. The third-order valence-corrected chi connectivity index (χ3v) is 4.13. The molecule has 1 aliphatic rings. The van der Waals surface area contributed by atoms with E-state index in [-0.39, 0.29) is 12.6 Å². The second-order valence-electron chi connectivity index (χ2n) is 5.51. The number of halogens is 2. The van der Waals surface area contributed by atoms with E-state index >= 15 is 0 Å². The van der Waals surface area contributed by atoms with Crippen molar-refractivity contribution in [3.63, 3.8) is 0 Å². The van der Waals surface area contributed by atoms with Gasteiger partial charge in [-0.15, -0.1) is 0 Å². The maximum Gasteiger partial charge on any atom is 0.261 e. The Hall–Kier alpha value is -1.52. The van der Waals surface area contributed by atoms with E-state index < -0.39 is 13.0 Å². The highest BCUT2D eigenvalue weighted by atomic mass is 19.3. The van der Waals surface area contributed by atoms with Gasteiger partial charge in [0.05, 0.1) is 0 Å². The summed E-state index contributed by atoms with van der Waals surface area (Å²) in [5, 5.41) is 2.53. The van der Waals surface area contributed by atoms with Gasteiger partial charge in [0, 0.05) is 12.6 Å². The van der Waals surface area contributed by atoms with Crippen LogP contribution in [0.3, 0.4) is 0 Å². The number of alkyl halides is 2. The van der Waals surface area contributed by atoms with E-state index in [4.69, 9.17) is 10.5 Å². The Kier molecular flexibility index (Phi) is 4.17. The molecule has 1 atom stereocenters. The minimum atomic E-state index is -2.42. The quantitative estimate of drug-likeness (QED) is 0.825. The maximum atomic E-state index is 12.0. The summed E-state index contributed by atoms with van der Waals surface area (Å²) in [5.41, 5.74) is 10.1. The van der Waals surface area contributed by atoms with Gasteiger partial charge in [0.25, 0.3) is 6.43 Å². The van der Waals surface area contributed by atoms with Crippen molar-refractivity contribution in [2.24, 2.45) is 5.73 Å². The van der Waals surface area contributed by atoms with Crippen LogP contribution in [-0.2, 0) is 17.6 Å². The molecule has 2 aromatic rings. The molecule has 3 rings (SSSR count). The van der Waals surface area contributed by atoms with Gasteiger partial charge in [0.15, 0.2) is 0 Å². The highest BCUT2D eigenvalue weighted by Crippen LogP contribution is 2.35. The van der Waals surface area contributed by atoms with Crippen molar-refractivity contribution in [2.75, 3.05) is 13.2 Å². The van der Waals surface area contributed by atoms with Crippen molar-refractivity contribution in [2.45, 2.75) is 31.7 Å². The van der Waals surface area contributed by atoms with Crippen LogP contribution in [0.25, 0.3) is 10.8 Å². The van der Waals surface area contributed by atoms with Crippen molar-refractivity contribution in [3.05, 3.63) is 47.0 Å². The molecule has 0 saturated heterocycles. The van der Waals surface area contributed by atoms with Gasteiger partial charge in [-0.3, -0.25) is 0 Å².